The zero-order chi connectivity index (χ0) is 16.3. The first-order valence-electron chi connectivity index (χ1n) is 6.49. The molecule has 0 saturated carbocycles. The molecule has 0 bridgehead atoms. The molecule has 0 aliphatic carbocycles. The highest BCUT2D eigenvalue weighted by molar-refractivity contribution is 5.88. The van der Waals surface area contributed by atoms with Crippen molar-refractivity contribution in [2.45, 2.75) is 20.5 Å². The highest BCUT2D eigenvalue weighted by Gasteiger charge is 2.14. The molecule has 114 valence electrons. The molecule has 0 atom stereocenters. The number of carbonyl (C=O) groups excluding carboxylic acids is 1. The number of nitrogens with one attached hydrogen (secondary N) is 1. The van der Waals surface area contributed by atoms with Crippen molar-refractivity contribution in [1.29, 1.82) is 0 Å². The van der Waals surface area contributed by atoms with Crippen LogP contribution in [0.25, 0.3) is 0 Å². The maximum Gasteiger partial charge on any atom is 0.344 e. The summed E-state index contributed by atoms with van der Waals surface area (Å²) in [5, 5.41) is 10.7. The number of aromatic amines is 1. The van der Waals surface area contributed by atoms with Gasteiger partial charge in [-0.2, -0.15) is 0 Å². The van der Waals surface area contributed by atoms with Crippen LogP contribution < -0.4 is 5.56 Å². The maximum absolute atomic E-state index is 11.9. The van der Waals surface area contributed by atoms with Gasteiger partial charge >= 0.3 is 5.97 Å². The summed E-state index contributed by atoms with van der Waals surface area (Å²) < 4.78 is 5.06. The van der Waals surface area contributed by atoms with Crippen molar-refractivity contribution in [2.24, 2.45) is 0 Å². The van der Waals surface area contributed by atoms with E-state index in [-0.39, 0.29) is 17.9 Å². The molecule has 7 heteroatoms. The van der Waals surface area contributed by atoms with E-state index in [0.717, 1.165) is 0 Å². The number of benzene rings is 1. The predicted octanol–water partition coefficient (Wildman–Crippen LogP) is 2.26. The molecule has 1 aromatic carbocycles. The SMILES string of the molecule is Cc1ccc(C(=O)OCc2ccc([N+](=O)[O-])c(C)c2)c(=O)[nH]1. The van der Waals surface area contributed by atoms with E-state index in [9.17, 15) is 19.7 Å². The van der Waals surface area contributed by atoms with E-state index in [4.69, 9.17) is 4.74 Å². The molecule has 22 heavy (non-hydrogen) atoms. The second-order valence-electron chi connectivity index (χ2n) is 4.84. The van der Waals surface area contributed by atoms with Crippen LogP contribution in [0.2, 0.25) is 0 Å². The van der Waals surface area contributed by atoms with Crippen molar-refractivity contribution < 1.29 is 14.5 Å². The minimum Gasteiger partial charge on any atom is -0.457 e. The number of H-pyrrole nitrogens is 1. The smallest absolute Gasteiger partial charge is 0.344 e. The maximum atomic E-state index is 11.9. The number of ether oxygens (including phenoxy) is 1. The Labute approximate surface area is 125 Å². The molecule has 0 saturated heterocycles. The summed E-state index contributed by atoms with van der Waals surface area (Å²) in [5.41, 5.74) is 1.15. The molecule has 0 unspecified atom stereocenters. The summed E-state index contributed by atoms with van der Waals surface area (Å²) in [6, 6.07) is 7.45. The molecule has 1 heterocycles. The molecule has 0 spiro atoms. The van der Waals surface area contributed by atoms with Crippen molar-refractivity contribution in [3.63, 3.8) is 0 Å². The third-order valence-corrected chi connectivity index (χ3v) is 3.10. The van der Waals surface area contributed by atoms with Crippen LogP contribution in [0.1, 0.15) is 27.2 Å². The fourth-order valence-electron chi connectivity index (χ4n) is 1.97. The van der Waals surface area contributed by atoms with E-state index in [1.165, 1.54) is 18.2 Å². The van der Waals surface area contributed by atoms with E-state index < -0.39 is 16.5 Å². The molecule has 2 aromatic rings. The topological polar surface area (TPSA) is 102 Å². The molecule has 0 fully saturated rings. The third-order valence-electron chi connectivity index (χ3n) is 3.10. The summed E-state index contributed by atoms with van der Waals surface area (Å²) in [5.74, 6) is -0.739. The first kappa shape index (κ1) is 15.4. The lowest BCUT2D eigenvalue weighted by molar-refractivity contribution is -0.385. The number of esters is 1. The molecule has 0 aliphatic rings. The number of nitro benzene ring substituents is 1. The van der Waals surface area contributed by atoms with Crippen LogP contribution in [0, 0.1) is 24.0 Å². The van der Waals surface area contributed by atoms with Crippen LogP contribution in [-0.4, -0.2) is 15.9 Å². The summed E-state index contributed by atoms with van der Waals surface area (Å²) in [4.78, 5) is 36.3. The number of nitro groups is 1. The van der Waals surface area contributed by atoms with Gasteiger partial charge in [0.1, 0.15) is 12.2 Å². The molecular weight excluding hydrogens is 288 g/mol. The average molecular weight is 302 g/mol. The highest BCUT2D eigenvalue weighted by atomic mass is 16.6. The van der Waals surface area contributed by atoms with Crippen molar-refractivity contribution in [3.05, 3.63) is 73.2 Å². The van der Waals surface area contributed by atoms with Gasteiger partial charge in [-0.15, -0.1) is 0 Å². The summed E-state index contributed by atoms with van der Waals surface area (Å²) in [6.07, 6.45) is 0. The van der Waals surface area contributed by atoms with E-state index in [1.807, 2.05) is 0 Å². The lowest BCUT2D eigenvalue weighted by Crippen LogP contribution is -2.19. The zero-order valence-electron chi connectivity index (χ0n) is 12.1. The van der Waals surface area contributed by atoms with E-state index >= 15 is 0 Å². The Hall–Kier alpha value is -2.96. The van der Waals surface area contributed by atoms with Gasteiger partial charge in [0.15, 0.2) is 0 Å². The fraction of sp³-hybridized carbons (Fsp3) is 0.200. The van der Waals surface area contributed by atoms with Crippen LogP contribution in [-0.2, 0) is 11.3 Å². The van der Waals surface area contributed by atoms with Crippen LogP contribution in [0.5, 0.6) is 0 Å². The number of hydrogen-bond acceptors (Lipinski definition) is 5. The molecule has 7 nitrogen and oxygen atoms in total. The number of aryl methyl sites for hydroxylation is 2. The lowest BCUT2D eigenvalue weighted by Gasteiger charge is -2.06. The normalized spacial score (nSPS) is 10.3. The van der Waals surface area contributed by atoms with Crippen LogP contribution in [0.3, 0.4) is 0 Å². The van der Waals surface area contributed by atoms with Gasteiger partial charge in [0.25, 0.3) is 11.2 Å². The van der Waals surface area contributed by atoms with E-state index in [1.54, 1.807) is 26.0 Å². The Kier molecular flexibility index (Phi) is 4.36. The van der Waals surface area contributed by atoms with Crippen molar-refractivity contribution in [3.8, 4) is 0 Å². The Morgan fingerprint density at radius 3 is 2.59 bits per heavy atom. The van der Waals surface area contributed by atoms with Gasteiger partial charge < -0.3 is 9.72 Å². The minimum atomic E-state index is -0.739. The number of carbonyl (C=O) groups is 1. The number of hydrogen-bond donors (Lipinski definition) is 1. The quantitative estimate of drug-likeness (QED) is 0.530. The van der Waals surface area contributed by atoms with Crippen molar-refractivity contribution in [1.82, 2.24) is 4.98 Å². The van der Waals surface area contributed by atoms with Gasteiger partial charge in [0.2, 0.25) is 0 Å². The molecule has 0 amide bonds. The van der Waals surface area contributed by atoms with Gasteiger partial charge in [-0.3, -0.25) is 14.9 Å². The Morgan fingerprint density at radius 1 is 1.27 bits per heavy atom. The first-order chi connectivity index (χ1) is 10.4. The fourth-order valence-corrected chi connectivity index (χ4v) is 1.97. The molecule has 1 N–H and O–H groups in total. The largest absolute Gasteiger partial charge is 0.457 e. The van der Waals surface area contributed by atoms with Gasteiger partial charge in [0, 0.05) is 17.3 Å². The Balaban J connectivity index is 2.10. The van der Waals surface area contributed by atoms with Crippen LogP contribution >= 0.6 is 0 Å². The molecule has 0 radical (unpaired) electrons. The predicted molar refractivity (Wildman–Crippen MR) is 78.8 cm³/mol. The monoisotopic (exact) mass is 302 g/mol. The van der Waals surface area contributed by atoms with Crippen molar-refractivity contribution in [2.75, 3.05) is 0 Å². The number of nitrogens with zero attached hydrogens (tertiary/aromatic N) is 1. The van der Waals surface area contributed by atoms with Crippen LogP contribution in [0.15, 0.2) is 35.1 Å². The zero-order valence-corrected chi connectivity index (χ0v) is 12.1. The Morgan fingerprint density at radius 2 is 2.00 bits per heavy atom. The summed E-state index contributed by atoms with van der Waals surface area (Å²) in [6.45, 7) is 3.25. The summed E-state index contributed by atoms with van der Waals surface area (Å²) in [7, 11) is 0. The van der Waals surface area contributed by atoms with Gasteiger partial charge in [-0.05, 0) is 43.7 Å². The summed E-state index contributed by atoms with van der Waals surface area (Å²) >= 11 is 0. The molecular formula is C15H14N2O5. The molecule has 1 aromatic heterocycles. The standard InChI is InChI=1S/C15H14N2O5/c1-9-7-11(4-6-13(9)17(20)21)8-22-15(19)12-5-3-10(2)16-14(12)18/h3-7H,8H2,1-2H3,(H,16,18). The van der Waals surface area contributed by atoms with E-state index in [0.29, 0.717) is 16.8 Å². The number of pyridine rings is 1. The van der Waals surface area contributed by atoms with E-state index in [2.05, 4.69) is 4.98 Å². The second kappa shape index (κ2) is 6.21. The minimum absolute atomic E-state index is 0.00468. The molecule has 0 aliphatic heterocycles. The Bertz CT molecular complexity index is 795. The number of aromatic nitrogens is 1. The first-order valence-corrected chi connectivity index (χ1v) is 6.49. The average Bonchev–Trinajstić information content (AvgIpc) is 2.44. The number of rotatable bonds is 4. The van der Waals surface area contributed by atoms with Gasteiger partial charge in [0.05, 0.1) is 4.92 Å². The van der Waals surface area contributed by atoms with Gasteiger partial charge in [-0.25, -0.2) is 4.79 Å². The third kappa shape index (κ3) is 3.38. The van der Waals surface area contributed by atoms with Crippen molar-refractivity contribution >= 4 is 11.7 Å². The lowest BCUT2D eigenvalue weighted by atomic mass is 10.1. The highest BCUT2D eigenvalue weighted by Crippen LogP contribution is 2.19. The van der Waals surface area contributed by atoms with Gasteiger partial charge in [-0.1, -0.05) is 0 Å². The van der Waals surface area contributed by atoms with Crippen LogP contribution in [0.4, 0.5) is 5.69 Å². The molecule has 2 rings (SSSR count). The second-order valence-corrected chi connectivity index (χ2v) is 4.84.